The molecule has 0 spiro atoms. The molecule has 1 aliphatic rings. The van der Waals surface area contributed by atoms with Crippen LogP contribution in [-0.2, 0) is 11.2 Å². The Morgan fingerprint density at radius 1 is 1.00 bits per heavy atom. The topological polar surface area (TPSA) is 38.2 Å². The van der Waals surface area contributed by atoms with Gasteiger partial charge in [0.05, 0.1) is 30.8 Å². The molecule has 4 rings (SSSR count). The molecule has 132 valence electrons. The minimum atomic E-state index is 0.792. The number of aromatic nitrogens is 2. The summed E-state index contributed by atoms with van der Waals surface area (Å²) in [5.41, 5.74) is 6.69. The number of hydrogen-bond donors (Lipinski definition) is 0. The normalized spacial score (nSPS) is 14.4. The summed E-state index contributed by atoms with van der Waals surface area (Å²) in [5.74, 6) is 0. The van der Waals surface area contributed by atoms with Gasteiger partial charge in [-0.15, -0.1) is 0 Å². The molecule has 3 heterocycles. The summed E-state index contributed by atoms with van der Waals surface area (Å²) in [4.78, 5) is 11.7. The zero-order valence-corrected chi connectivity index (χ0v) is 15.1. The number of rotatable bonds is 4. The van der Waals surface area contributed by atoms with E-state index in [0.717, 1.165) is 55.4 Å². The molecule has 0 saturated carbocycles. The van der Waals surface area contributed by atoms with Gasteiger partial charge in [-0.1, -0.05) is 30.3 Å². The first-order chi connectivity index (χ1) is 12.8. The average Bonchev–Trinajstić information content (AvgIpc) is 2.69. The van der Waals surface area contributed by atoms with Gasteiger partial charge in [0.1, 0.15) is 0 Å². The molecule has 0 atom stereocenters. The van der Waals surface area contributed by atoms with Crippen LogP contribution in [0.1, 0.15) is 17.0 Å². The van der Waals surface area contributed by atoms with Crippen molar-refractivity contribution in [2.45, 2.75) is 13.3 Å². The molecule has 4 heteroatoms. The number of morpholine rings is 1. The average molecular weight is 345 g/mol. The zero-order chi connectivity index (χ0) is 17.8. The number of ether oxygens (including phenoxy) is 1. The lowest BCUT2D eigenvalue weighted by Crippen LogP contribution is -2.36. The van der Waals surface area contributed by atoms with Crippen molar-refractivity contribution in [3.05, 3.63) is 77.7 Å². The monoisotopic (exact) mass is 345 g/mol. The van der Waals surface area contributed by atoms with Crippen LogP contribution in [-0.4, -0.2) is 36.3 Å². The molecule has 0 unspecified atom stereocenters. The second-order valence-corrected chi connectivity index (χ2v) is 6.65. The van der Waals surface area contributed by atoms with E-state index >= 15 is 0 Å². The highest BCUT2D eigenvalue weighted by Crippen LogP contribution is 2.21. The standard InChI is InChI=1S/C22H23N3O/c1-17-13-18(15-22(24-17)19-5-3-2-4-6-19)14-20-7-8-21(16-23-20)25-9-11-26-12-10-25/h2-8,13,15-16H,9-12,14H2,1H3. The first kappa shape index (κ1) is 16.7. The van der Waals surface area contributed by atoms with Crippen LogP contribution in [0.2, 0.25) is 0 Å². The Hall–Kier alpha value is -2.72. The third kappa shape index (κ3) is 3.92. The van der Waals surface area contributed by atoms with Gasteiger partial charge in [-0.3, -0.25) is 9.97 Å². The Kier molecular flexibility index (Phi) is 4.93. The van der Waals surface area contributed by atoms with Gasteiger partial charge in [0.2, 0.25) is 0 Å². The molecule has 2 aromatic heterocycles. The number of anilines is 1. The molecule has 0 N–H and O–H groups in total. The van der Waals surface area contributed by atoms with Crippen LogP contribution in [0.15, 0.2) is 60.8 Å². The van der Waals surface area contributed by atoms with Gasteiger partial charge >= 0.3 is 0 Å². The minimum Gasteiger partial charge on any atom is -0.378 e. The van der Waals surface area contributed by atoms with Crippen molar-refractivity contribution in [1.82, 2.24) is 9.97 Å². The maximum atomic E-state index is 5.41. The molecule has 26 heavy (non-hydrogen) atoms. The Bertz CT molecular complexity index is 856. The smallest absolute Gasteiger partial charge is 0.0708 e. The molecule has 1 aliphatic heterocycles. The van der Waals surface area contributed by atoms with E-state index < -0.39 is 0 Å². The molecule has 0 aliphatic carbocycles. The summed E-state index contributed by atoms with van der Waals surface area (Å²) >= 11 is 0. The van der Waals surface area contributed by atoms with Crippen LogP contribution < -0.4 is 4.90 Å². The summed E-state index contributed by atoms with van der Waals surface area (Å²) in [6.07, 6.45) is 2.79. The number of aryl methyl sites for hydroxylation is 1. The van der Waals surface area contributed by atoms with Gasteiger partial charge in [-0.25, -0.2) is 0 Å². The van der Waals surface area contributed by atoms with Gasteiger partial charge in [0, 0.05) is 36.5 Å². The molecule has 0 amide bonds. The summed E-state index contributed by atoms with van der Waals surface area (Å²) in [6, 6.07) is 18.9. The number of nitrogens with zero attached hydrogens (tertiary/aromatic N) is 3. The van der Waals surface area contributed by atoms with Crippen molar-refractivity contribution in [2.75, 3.05) is 31.2 Å². The van der Waals surface area contributed by atoms with Gasteiger partial charge < -0.3 is 9.64 Å². The fraction of sp³-hybridized carbons (Fsp3) is 0.273. The van der Waals surface area contributed by atoms with E-state index in [4.69, 9.17) is 4.74 Å². The minimum absolute atomic E-state index is 0.792. The number of benzene rings is 1. The second kappa shape index (κ2) is 7.67. The van der Waals surface area contributed by atoms with E-state index in [9.17, 15) is 0 Å². The highest BCUT2D eigenvalue weighted by molar-refractivity contribution is 5.60. The van der Waals surface area contributed by atoms with Crippen molar-refractivity contribution < 1.29 is 4.74 Å². The van der Waals surface area contributed by atoms with E-state index in [1.54, 1.807) is 0 Å². The van der Waals surface area contributed by atoms with E-state index in [1.165, 1.54) is 11.3 Å². The van der Waals surface area contributed by atoms with Gasteiger partial charge in [-0.05, 0) is 36.8 Å². The fourth-order valence-electron chi connectivity index (χ4n) is 3.34. The van der Waals surface area contributed by atoms with Crippen LogP contribution >= 0.6 is 0 Å². The summed E-state index contributed by atoms with van der Waals surface area (Å²) in [5, 5.41) is 0. The van der Waals surface area contributed by atoms with Crippen LogP contribution in [0.5, 0.6) is 0 Å². The van der Waals surface area contributed by atoms with E-state index in [-0.39, 0.29) is 0 Å². The van der Waals surface area contributed by atoms with E-state index in [0.29, 0.717) is 0 Å². The summed E-state index contributed by atoms with van der Waals surface area (Å²) in [7, 11) is 0. The van der Waals surface area contributed by atoms with E-state index in [2.05, 4.69) is 51.3 Å². The van der Waals surface area contributed by atoms with Crippen LogP contribution in [0, 0.1) is 6.92 Å². The fourth-order valence-corrected chi connectivity index (χ4v) is 3.34. The maximum absolute atomic E-state index is 5.41. The third-order valence-electron chi connectivity index (χ3n) is 4.65. The molecule has 0 radical (unpaired) electrons. The van der Waals surface area contributed by atoms with Crippen LogP contribution in [0.3, 0.4) is 0 Å². The highest BCUT2D eigenvalue weighted by atomic mass is 16.5. The lowest BCUT2D eigenvalue weighted by molar-refractivity contribution is 0.122. The lowest BCUT2D eigenvalue weighted by Gasteiger charge is -2.28. The van der Waals surface area contributed by atoms with Crippen molar-refractivity contribution >= 4 is 5.69 Å². The summed E-state index contributed by atoms with van der Waals surface area (Å²) < 4.78 is 5.41. The number of pyridine rings is 2. The van der Waals surface area contributed by atoms with Gasteiger partial charge in [0.15, 0.2) is 0 Å². The molecule has 1 saturated heterocycles. The first-order valence-electron chi connectivity index (χ1n) is 9.08. The molecule has 0 bridgehead atoms. The molecule has 1 aromatic carbocycles. The Labute approximate surface area is 154 Å². The van der Waals surface area contributed by atoms with Gasteiger partial charge in [0.25, 0.3) is 0 Å². The van der Waals surface area contributed by atoms with Crippen molar-refractivity contribution in [1.29, 1.82) is 0 Å². The first-order valence-corrected chi connectivity index (χ1v) is 9.08. The van der Waals surface area contributed by atoms with E-state index in [1.807, 2.05) is 31.3 Å². The SMILES string of the molecule is Cc1cc(Cc2ccc(N3CCOCC3)cn2)cc(-c2ccccc2)n1. The molecule has 4 nitrogen and oxygen atoms in total. The molecular weight excluding hydrogens is 322 g/mol. The molecule has 1 fully saturated rings. The van der Waals surface area contributed by atoms with Crippen molar-refractivity contribution in [3.8, 4) is 11.3 Å². The second-order valence-electron chi connectivity index (χ2n) is 6.65. The quantitative estimate of drug-likeness (QED) is 0.719. The Balaban J connectivity index is 1.52. The molecular formula is C22H23N3O. The van der Waals surface area contributed by atoms with Crippen molar-refractivity contribution in [3.63, 3.8) is 0 Å². The zero-order valence-electron chi connectivity index (χ0n) is 15.1. The largest absolute Gasteiger partial charge is 0.378 e. The third-order valence-corrected chi connectivity index (χ3v) is 4.65. The van der Waals surface area contributed by atoms with Crippen LogP contribution in [0.25, 0.3) is 11.3 Å². The molecule has 3 aromatic rings. The summed E-state index contributed by atoms with van der Waals surface area (Å²) in [6.45, 7) is 5.50. The van der Waals surface area contributed by atoms with Crippen molar-refractivity contribution in [2.24, 2.45) is 0 Å². The Morgan fingerprint density at radius 3 is 2.54 bits per heavy atom. The lowest BCUT2D eigenvalue weighted by atomic mass is 10.0. The van der Waals surface area contributed by atoms with Gasteiger partial charge in [-0.2, -0.15) is 0 Å². The Morgan fingerprint density at radius 2 is 1.81 bits per heavy atom. The predicted octanol–water partition coefficient (Wildman–Crippen LogP) is 3.88. The maximum Gasteiger partial charge on any atom is 0.0708 e. The van der Waals surface area contributed by atoms with Crippen LogP contribution in [0.4, 0.5) is 5.69 Å². The predicted molar refractivity (Wildman–Crippen MR) is 104 cm³/mol. The number of hydrogen-bond acceptors (Lipinski definition) is 4. The highest BCUT2D eigenvalue weighted by Gasteiger charge is 2.11.